The zero-order valence-electron chi connectivity index (χ0n) is 13.0. The van der Waals surface area contributed by atoms with E-state index in [1.807, 2.05) is 19.1 Å². The van der Waals surface area contributed by atoms with E-state index in [9.17, 15) is 4.79 Å². The normalized spacial score (nSPS) is 11.0. The fraction of sp³-hybridized carbons (Fsp3) is 0.375. The first kappa shape index (κ1) is 15.3. The molecule has 0 saturated heterocycles. The molecule has 0 atom stereocenters. The standard InChI is InChI=1S/C16H22N4O/c1-10(2)20-12(4)15(11(3)19-20)9-13-5-7-14(8-6-13)16(21)18-17/h5-8,10H,9,17H2,1-4H3,(H,18,21). The van der Waals surface area contributed by atoms with Crippen LogP contribution in [0.25, 0.3) is 0 Å². The summed E-state index contributed by atoms with van der Waals surface area (Å²) in [7, 11) is 0. The molecule has 0 unspecified atom stereocenters. The van der Waals surface area contributed by atoms with Gasteiger partial charge < -0.3 is 0 Å². The summed E-state index contributed by atoms with van der Waals surface area (Å²) < 4.78 is 2.06. The third kappa shape index (κ3) is 3.13. The molecule has 5 heteroatoms. The molecule has 2 aromatic rings. The average molecular weight is 286 g/mol. The van der Waals surface area contributed by atoms with Crippen molar-refractivity contribution in [3.8, 4) is 0 Å². The van der Waals surface area contributed by atoms with Gasteiger partial charge in [0.15, 0.2) is 0 Å². The molecule has 21 heavy (non-hydrogen) atoms. The van der Waals surface area contributed by atoms with Gasteiger partial charge in [0.25, 0.3) is 5.91 Å². The zero-order chi connectivity index (χ0) is 15.6. The Bertz CT molecular complexity index is 641. The van der Waals surface area contributed by atoms with Crippen molar-refractivity contribution in [2.45, 2.75) is 40.2 Å². The van der Waals surface area contributed by atoms with Crippen LogP contribution in [0.2, 0.25) is 0 Å². The van der Waals surface area contributed by atoms with E-state index in [1.165, 1.54) is 11.3 Å². The summed E-state index contributed by atoms with van der Waals surface area (Å²) >= 11 is 0. The second-order valence-electron chi connectivity index (χ2n) is 5.53. The molecule has 5 nitrogen and oxygen atoms in total. The van der Waals surface area contributed by atoms with Gasteiger partial charge in [0, 0.05) is 29.3 Å². The van der Waals surface area contributed by atoms with Gasteiger partial charge in [-0.05, 0) is 45.4 Å². The number of amides is 1. The Hall–Kier alpha value is -2.14. The number of hydrazine groups is 1. The van der Waals surface area contributed by atoms with Crippen molar-refractivity contribution in [3.63, 3.8) is 0 Å². The Morgan fingerprint density at radius 1 is 1.29 bits per heavy atom. The summed E-state index contributed by atoms with van der Waals surface area (Å²) in [5.74, 6) is 4.85. The molecule has 1 amide bonds. The van der Waals surface area contributed by atoms with Gasteiger partial charge in [0.1, 0.15) is 0 Å². The molecule has 1 aromatic heterocycles. The smallest absolute Gasteiger partial charge is 0.265 e. The molecule has 0 aliphatic carbocycles. The number of aromatic nitrogens is 2. The van der Waals surface area contributed by atoms with Crippen LogP contribution in [0.3, 0.4) is 0 Å². The van der Waals surface area contributed by atoms with Crippen molar-refractivity contribution in [2.75, 3.05) is 0 Å². The summed E-state index contributed by atoms with van der Waals surface area (Å²) in [6.07, 6.45) is 0.814. The fourth-order valence-electron chi connectivity index (χ4n) is 2.52. The monoisotopic (exact) mass is 286 g/mol. The molecule has 0 saturated carbocycles. The summed E-state index contributed by atoms with van der Waals surface area (Å²) in [4.78, 5) is 11.4. The van der Waals surface area contributed by atoms with E-state index in [4.69, 9.17) is 5.84 Å². The van der Waals surface area contributed by atoms with Crippen LogP contribution in [0.15, 0.2) is 24.3 Å². The second-order valence-corrected chi connectivity index (χ2v) is 5.53. The summed E-state index contributed by atoms with van der Waals surface area (Å²) in [5, 5.41) is 4.60. The number of aryl methyl sites for hydroxylation is 1. The number of carbonyl (C=O) groups is 1. The van der Waals surface area contributed by atoms with Crippen LogP contribution in [0, 0.1) is 13.8 Å². The Balaban J connectivity index is 2.24. The van der Waals surface area contributed by atoms with Gasteiger partial charge in [-0.2, -0.15) is 5.10 Å². The molecule has 0 radical (unpaired) electrons. The highest BCUT2D eigenvalue weighted by Gasteiger charge is 2.14. The molecule has 2 rings (SSSR count). The number of carbonyl (C=O) groups excluding carboxylic acids is 1. The van der Waals surface area contributed by atoms with Crippen LogP contribution in [-0.2, 0) is 6.42 Å². The van der Waals surface area contributed by atoms with E-state index in [0.29, 0.717) is 11.6 Å². The third-order valence-corrected chi connectivity index (χ3v) is 3.69. The first-order chi connectivity index (χ1) is 9.93. The first-order valence-corrected chi connectivity index (χ1v) is 7.08. The largest absolute Gasteiger partial charge is 0.290 e. The van der Waals surface area contributed by atoms with Gasteiger partial charge in [0.05, 0.1) is 5.69 Å². The van der Waals surface area contributed by atoms with Crippen LogP contribution in [-0.4, -0.2) is 15.7 Å². The van der Waals surface area contributed by atoms with Gasteiger partial charge in [-0.1, -0.05) is 12.1 Å². The molecule has 3 N–H and O–H groups in total. The Labute approximate surface area is 125 Å². The minimum Gasteiger partial charge on any atom is -0.290 e. The summed E-state index contributed by atoms with van der Waals surface area (Å²) in [6, 6.07) is 7.84. The predicted octanol–water partition coefficient (Wildman–Crippen LogP) is 2.28. The SMILES string of the molecule is Cc1nn(C(C)C)c(C)c1Cc1ccc(C(=O)NN)cc1. The van der Waals surface area contributed by atoms with Crippen molar-refractivity contribution in [3.05, 3.63) is 52.3 Å². The van der Waals surface area contributed by atoms with Crippen molar-refractivity contribution >= 4 is 5.91 Å². The van der Waals surface area contributed by atoms with E-state index in [0.717, 1.165) is 17.7 Å². The molecule has 0 spiro atoms. The number of rotatable bonds is 4. The highest BCUT2D eigenvalue weighted by molar-refractivity contribution is 5.93. The number of benzene rings is 1. The highest BCUT2D eigenvalue weighted by Crippen LogP contribution is 2.20. The summed E-state index contributed by atoms with van der Waals surface area (Å²) in [5.41, 5.74) is 7.36. The van der Waals surface area contributed by atoms with Gasteiger partial charge in [-0.25, -0.2) is 5.84 Å². The maximum absolute atomic E-state index is 11.4. The van der Waals surface area contributed by atoms with Crippen LogP contribution in [0.4, 0.5) is 0 Å². The third-order valence-electron chi connectivity index (χ3n) is 3.69. The van der Waals surface area contributed by atoms with Crippen molar-refractivity contribution in [1.82, 2.24) is 15.2 Å². The molecular weight excluding hydrogens is 264 g/mol. The van der Waals surface area contributed by atoms with Gasteiger partial charge in [-0.3, -0.25) is 14.9 Å². The number of nitrogens with one attached hydrogen (secondary N) is 1. The molecule has 1 heterocycles. The van der Waals surface area contributed by atoms with E-state index in [2.05, 4.69) is 36.0 Å². The molecule has 0 aliphatic rings. The van der Waals surface area contributed by atoms with Crippen LogP contribution < -0.4 is 11.3 Å². The Morgan fingerprint density at radius 3 is 2.38 bits per heavy atom. The van der Waals surface area contributed by atoms with Crippen molar-refractivity contribution < 1.29 is 4.79 Å². The highest BCUT2D eigenvalue weighted by atomic mass is 16.2. The molecule has 0 aliphatic heterocycles. The topological polar surface area (TPSA) is 72.9 Å². The predicted molar refractivity (Wildman–Crippen MR) is 83.0 cm³/mol. The lowest BCUT2D eigenvalue weighted by Crippen LogP contribution is -2.29. The Morgan fingerprint density at radius 2 is 1.90 bits per heavy atom. The summed E-state index contributed by atoms with van der Waals surface area (Å²) in [6.45, 7) is 8.40. The van der Waals surface area contributed by atoms with Gasteiger partial charge >= 0.3 is 0 Å². The minimum absolute atomic E-state index is 0.276. The first-order valence-electron chi connectivity index (χ1n) is 7.08. The number of nitrogens with two attached hydrogens (primary N) is 1. The molecule has 112 valence electrons. The van der Waals surface area contributed by atoms with Crippen molar-refractivity contribution in [1.29, 1.82) is 0 Å². The number of nitrogen functional groups attached to an aromatic ring is 1. The van der Waals surface area contributed by atoms with Gasteiger partial charge in [0.2, 0.25) is 0 Å². The molecule has 1 aromatic carbocycles. The van der Waals surface area contributed by atoms with Crippen LogP contribution in [0.1, 0.15) is 52.8 Å². The maximum atomic E-state index is 11.4. The lowest BCUT2D eigenvalue weighted by atomic mass is 10.0. The number of hydrogen-bond acceptors (Lipinski definition) is 3. The van der Waals surface area contributed by atoms with E-state index < -0.39 is 0 Å². The van der Waals surface area contributed by atoms with Crippen LogP contribution >= 0.6 is 0 Å². The average Bonchev–Trinajstić information content (AvgIpc) is 2.75. The fourth-order valence-corrected chi connectivity index (χ4v) is 2.52. The number of hydrogen-bond donors (Lipinski definition) is 2. The quantitative estimate of drug-likeness (QED) is 0.514. The zero-order valence-corrected chi connectivity index (χ0v) is 13.0. The molecular formula is C16H22N4O. The van der Waals surface area contributed by atoms with Crippen molar-refractivity contribution in [2.24, 2.45) is 5.84 Å². The molecule has 0 bridgehead atoms. The lowest BCUT2D eigenvalue weighted by Gasteiger charge is -2.09. The number of nitrogens with zero attached hydrogens (tertiary/aromatic N) is 2. The lowest BCUT2D eigenvalue weighted by molar-refractivity contribution is 0.0953. The van der Waals surface area contributed by atoms with E-state index >= 15 is 0 Å². The maximum Gasteiger partial charge on any atom is 0.265 e. The van der Waals surface area contributed by atoms with E-state index in [-0.39, 0.29) is 5.91 Å². The van der Waals surface area contributed by atoms with E-state index in [1.54, 1.807) is 12.1 Å². The molecule has 0 fully saturated rings. The Kier molecular flexibility index (Phi) is 4.43. The van der Waals surface area contributed by atoms with Gasteiger partial charge in [-0.15, -0.1) is 0 Å². The second kappa shape index (κ2) is 6.10. The minimum atomic E-state index is -0.276. The van der Waals surface area contributed by atoms with Crippen LogP contribution in [0.5, 0.6) is 0 Å².